The Hall–Kier alpha value is -2.94. The molecule has 0 spiro atoms. The van der Waals surface area contributed by atoms with E-state index in [9.17, 15) is 14.7 Å². The van der Waals surface area contributed by atoms with Gasteiger partial charge in [0.05, 0.1) is 44.4 Å². The molecule has 5 rings (SSSR count). The van der Waals surface area contributed by atoms with E-state index in [2.05, 4.69) is 22.8 Å². The number of aliphatic hydroxyl groups is 1. The molecule has 0 aromatic heterocycles. The van der Waals surface area contributed by atoms with E-state index in [4.69, 9.17) is 9.47 Å². The van der Waals surface area contributed by atoms with E-state index in [1.54, 1.807) is 4.90 Å². The molecule has 3 amide bonds. The number of para-hydroxylation sites is 1. The number of carbonyl (C=O) groups is 2. The van der Waals surface area contributed by atoms with Crippen LogP contribution in [0.4, 0.5) is 10.5 Å². The summed E-state index contributed by atoms with van der Waals surface area (Å²) in [6.07, 6.45) is 1.99. The van der Waals surface area contributed by atoms with Crippen molar-refractivity contribution in [1.82, 2.24) is 10.2 Å². The van der Waals surface area contributed by atoms with Crippen LogP contribution in [0.25, 0.3) is 0 Å². The van der Waals surface area contributed by atoms with Gasteiger partial charge in [-0.15, -0.1) is 0 Å². The van der Waals surface area contributed by atoms with Crippen LogP contribution in [0.3, 0.4) is 0 Å². The quantitative estimate of drug-likeness (QED) is 0.626. The maximum absolute atomic E-state index is 13.1. The number of urea groups is 1. The second-order valence-corrected chi connectivity index (χ2v) is 9.73. The van der Waals surface area contributed by atoms with Crippen molar-refractivity contribution in [3.8, 4) is 0 Å². The van der Waals surface area contributed by atoms with Crippen molar-refractivity contribution in [3.05, 3.63) is 65.7 Å². The summed E-state index contributed by atoms with van der Waals surface area (Å²) in [7, 11) is 0. The molecule has 2 aromatic carbocycles. The highest BCUT2D eigenvalue weighted by Gasteiger charge is 2.40. The number of benzene rings is 2. The molecular weight excluding hydrogens is 446 g/mol. The molecule has 3 N–H and O–H groups in total. The molecule has 1 aliphatic carbocycles. The molecular formula is C27H33N3O5. The summed E-state index contributed by atoms with van der Waals surface area (Å²) in [5, 5.41) is 16.4. The standard InChI is InChI=1S/C27H33N3O5/c31-22-15-30(27(33)29-20-8-2-1-3-9-20)24-11-10-23(35-25(24)17-34-16-22)14-26(32)28-21-12-18-6-4-5-7-19(18)13-21/h1-9,21-25,31H,10-17H2,(H,28,32)(H,29,33)/t22-,23+,24-,25+/m1/s1. The normalized spacial score (nSPS) is 26.7. The van der Waals surface area contributed by atoms with Crippen LogP contribution >= 0.6 is 0 Å². The van der Waals surface area contributed by atoms with Gasteiger partial charge >= 0.3 is 6.03 Å². The van der Waals surface area contributed by atoms with Crippen molar-refractivity contribution in [1.29, 1.82) is 0 Å². The van der Waals surface area contributed by atoms with Crippen molar-refractivity contribution >= 4 is 17.6 Å². The van der Waals surface area contributed by atoms with Gasteiger partial charge in [-0.2, -0.15) is 0 Å². The molecule has 8 heteroatoms. The Balaban J connectivity index is 1.18. The molecule has 0 unspecified atom stereocenters. The summed E-state index contributed by atoms with van der Waals surface area (Å²) in [6, 6.07) is 17.2. The zero-order chi connectivity index (χ0) is 24.2. The first kappa shape index (κ1) is 23.8. The third kappa shape index (κ3) is 5.83. The van der Waals surface area contributed by atoms with Gasteiger partial charge in [0.2, 0.25) is 5.91 Å². The molecule has 4 atom stereocenters. The van der Waals surface area contributed by atoms with Crippen LogP contribution in [0.1, 0.15) is 30.4 Å². The Morgan fingerprint density at radius 2 is 1.69 bits per heavy atom. The molecule has 3 aliphatic rings. The molecule has 8 nitrogen and oxygen atoms in total. The van der Waals surface area contributed by atoms with E-state index >= 15 is 0 Å². The number of fused-ring (bicyclic) bond motifs is 2. The Bertz CT molecular complexity index is 1010. The summed E-state index contributed by atoms with van der Waals surface area (Å²) >= 11 is 0. The van der Waals surface area contributed by atoms with E-state index < -0.39 is 6.10 Å². The van der Waals surface area contributed by atoms with Gasteiger partial charge in [0.1, 0.15) is 6.10 Å². The Morgan fingerprint density at radius 3 is 2.43 bits per heavy atom. The highest BCUT2D eigenvalue weighted by Crippen LogP contribution is 2.29. The third-order valence-electron chi connectivity index (χ3n) is 7.10. The average Bonchev–Trinajstić information content (AvgIpc) is 3.24. The molecule has 2 saturated heterocycles. The number of nitrogens with one attached hydrogen (secondary N) is 2. The van der Waals surface area contributed by atoms with Crippen LogP contribution in [-0.2, 0) is 27.1 Å². The van der Waals surface area contributed by atoms with E-state index in [1.165, 1.54) is 11.1 Å². The largest absolute Gasteiger partial charge is 0.389 e. The monoisotopic (exact) mass is 479 g/mol. The number of carbonyl (C=O) groups excluding carboxylic acids is 2. The molecule has 0 saturated carbocycles. The SMILES string of the molecule is O=C(C[C@@H]1CC[C@@H]2[C@H](COC[C@H](O)CN2C(=O)Nc2ccccc2)O1)NC1Cc2ccccc2C1. The van der Waals surface area contributed by atoms with E-state index in [0.29, 0.717) is 18.5 Å². The maximum atomic E-state index is 13.1. The Morgan fingerprint density at radius 1 is 0.971 bits per heavy atom. The number of rotatable bonds is 4. The van der Waals surface area contributed by atoms with Crippen LogP contribution in [0, 0.1) is 0 Å². The van der Waals surface area contributed by atoms with Gasteiger partial charge in [-0.25, -0.2) is 4.79 Å². The second kappa shape index (κ2) is 10.8. The number of anilines is 1. The molecule has 0 bridgehead atoms. The van der Waals surface area contributed by atoms with Crippen molar-refractivity contribution in [3.63, 3.8) is 0 Å². The molecule has 2 heterocycles. The van der Waals surface area contributed by atoms with E-state index in [1.807, 2.05) is 42.5 Å². The predicted octanol–water partition coefficient (Wildman–Crippen LogP) is 2.50. The van der Waals surface area contributed by atoms with Crippen molar-refractivity contribution < 1.29 is 24.2 Å². The lowest BCUT2D eigenvalue weighted by atomic mass is 9.95. The van der Waals surface area contributed by atoms with Gasteiger partial charge in [0.25, 0.3) is 0 Å². The number of β-amino-alcohol motifs (C(OH)–C–C–N with tert-alkyl or cyclic N) is 1. The van der Waals surface area contributed by atoms with Gasteiger partial charge < -0.3 is 30.1 Å². The fraction of sp³-hybridized carbons (Fsp3) is 0.481. The van der Waals surface area contributed by atoms with Crippen molar-refractivity contribution in [2.75, 3.05) is 25.1 Å². The van der Waals surface area contributed by atoms with Crippen LogP contribution in [0.15, 0.2) is 54.6 Å². The Labute approximate surface area is 205 Å². The third-order valence-corrected chi connectivity index (χ3v) is 7.10. The van der Waals surface area contributed by atoms with Gasteiger partial charge in [-0.05, 0) is 48.9 Å². The van der Waals surface area contributed by atoms with Gasteiger partial charge in [-0.3, -0.25) is 4.79 Å². The lowest BCUT2D eigenvalue weighted by Gasteiger charge is -2.44. The molecule has 0 radical (unpaired) electrons. The van der Waals surface area contributed by atoms with Gasteiger partial charge in [-0.1, -0.05) is 42.5 Å². The number of aliphatic hydroxyl groups excluding tert-OH is 1. The summed E-state index contributed by atoms with van der Waals surface area (Å²) in [4.78, 5) is 27.6. The second-order valence-electron chi connectivity index (χ2n) is 9.73. The van der Waals surface area contributed by atoms with Crippen LogP contribution in [0.2, 0.25) is 0 Å². The van der Waals surface area contributed by atoms with Crippen LogP contribution < -0.4 is 10.6 Å². The first-order chi connectivity index (χ1) is 17.0. The Kier molecular flexibility index (Phi) is 7.32. The van der Waals surface area contributed by atoms with Gasteiger partial charge in [0.15, 0.2) is 0 Å². The maximum Gasteiger partial charge on any atom is 0.322 e. The smallest absolute Gasteiger partial charge is 0.322 e. The van der Waals surface area contributed by atoms with Crippen molar-refractivity contribution in [2.45, 2.75) is 62.5 Å². The minimum atomic E-state index is -0.767. The molecule has 186 valence electrons. The highest BCUT2D eigenvalue weighted by molar-refractivity contribution is 5.89. The molecule has 2 aliphatic heterocycles. The number of hydrogen-bond acceptors (Lipinski definition) is 5. The summed E-state index contributed by atoms with van der Waals surface area (Å²) in [5.74, 6) is -0.00730. The molecule has 2 fully saturated rings. The predicted molar refractivity (Wildman–Crippen MR) is 131 cm³/mol. The van der Waals surface area contributed by atoms with Gasteiger partial charge in [0, 0.05) is 11.7 Å². The minimum Gasteiger partial charge on any atom is -0.389 e. The topological polar surface area (TPSA) is 100 Å². The molecule has 35 heavy (non-hydrogen) atoms. The number of nitrogens with zero attached hydrogens (tertiary/aromatic N) is 1. The number of ether oxygens (including phenoxy) is 2. The summed E-state index contributed by atoms with van der Waals surface area (Å²) in [5.41, 5.74) is 3.30. The lowest BCUT2D eigenvalue weighted by molar-refractivity contribution is -0.150. The zero-order valence-corrected chi connectivity index (χ0v) is 19.8. The fourth-order valence-corrected chi connectivity index (χ4v) is 5.45. The lowest BCUT2D eigenvalue weighted by Crippen LogP contribution is -2.58. The van der Waals surface area contributed by atoms with Crippen LogP contribution in [0.5, 0.6) is 0 Å². The first-order valence-corrected chi connectivity index (χ1v) is 12.4. The minimum absolute atomic E-state index is 0.00730. The van der Waals surface area contributed by atoms with Crippen LogP contribution in [-0.4, -0.2) is 72.1 Å². The average molecular weight is 480 g/mol. The van der Waals surface area contributed by atoms with E-state index in [-0.39, 0.29) is 62.4 Å². The summed E-state index contributed by atoms with van der Waals surface area (Å²) in [6.45, 7) is 0.568. The first-order valence-electron chi connectivity index (χ1n) is 12.4. The number of amides is 3. The fourth-order valence-electron chi connectivity index (χ4n) is 5.45. The zero-order valence-electron chi connectivity index (χ0n) is 19.8. The molecule has 2 aromatic rings. The summed E-state index contributed by atoms with van der Waals surface area (Å²) < 4.78 is 12.0. The highest BCUT2D eigenvalue weighted by atomic mass is 16.5. The van der Waals surface area contributed by atoms with Crippen molar-refractivity contribution in [2.24, 2.45) is 0 Å². The van der Waals surface area contributed by atoms with E-state index in [0.717, 1.165) is 12.8 Å². The number of hydrogen-bond donors (Lipinski definition) is 3.